The van der Waals surface area contributed by atoms with Gasteiger partial charge in [0.2, 0.25) is 5.91 Å². The summed E-state index contributed by atoms with van der Waals surface area (Å²) in [5.74, 6) is -0.322. The Kier molecular flexibility index (Phi) is 10.7. The van der Waals surface area contributed by atoms with Gasteiger partial charge in [-0.05, 0) is 86.8 Å². The Labute approximate surface area is 237 Å². The summed E-state index contributed by atoms with van der Waals surface area (Å²) in [7, 11) is 3.68. The summed E-state index contributed by atoms with van der Waals surface area (Å²) in [6, 6.07) is 13.2. The van der Waals surface area contributed by atoms with Crippen LogP contribution in [-0.4, -0.2) is 54.8 Å². The summed E-state index contributed by atoms with van der Waals surface area (Å²) >= 11 is 6.24. The summed E-state index contributed by atoms with van der Waals surface area (Å²) in [4.78, 5) is 29.2. The maximum atomic E-state index is 13.0. The van der Waals surface area contributed by atoms with Gasteiger partial charge in [0, 0.05) is 35.2 Å². The average molecular weight is 547 g/mol. The van der Waals surface area contributed by atoms with Crippen LogP contribution in [0.1, 0.15) is 47.3 Å². The quantitative estimate of drug-likeness (QED) is 0.379. The standard InChI is InChI=1S/C32H39ClN4O2/c1-7-26-9-8-16-37(24(26)4)20-23(3)27-14-11-25(12-15-27)17-29(19-34-31(38)21-36(5)6)35-32(39)28-13-10-22(2)30(33)18-28/h8-16,18,20,29H,4,7,17,19,21H2,1-3,5-6H3,(H,34,38)(H,35,39)/b23-20+/t29-/m0/s1. The van der Waals surface area contributed by atoms with Crippen LogP contribution in [-0.2, 0) is 11.2 Å². The van der Waals surface area contributed by atoms with E-state index in [1.165, 1.54) is 5.57 Å². The Bertz CT molecular complexity index is 1290. The highest BCUT2D eigenvalue weighted by molar-refractivity contribution is 6.31. The van der Waals surface area contributed by atoms with Crippen molar-refractivity contribution in [3.8, 4) is 0 Å². The number of nitrogens with one attached hydrogen (secondary N) is 2. The Hall–Kier alpha value is -3.61. The summed E-state index contributed by atoms with van der Waals surface area (Å²) in [6.07, 6.45) is 9.74. The predicted octanol–water partition coefficient (Wildman–Crippen LogP) is 5.71. The van der Waals surface area contributed by atoms with Gasteiger partial charge in [0.1, 0.15) is 0 Å². The smallest absolute Gasteiger partial charge is 0.251 e. The van der Waals surface area contributed by atoms with E-state index in [2.05, 4.69) is 72.5 Å². The number of allylic oxidation sites excluding steroid dienone is 4. The molecule has 0 unspecified atom stereocenters. The van der Waals surface area contributed by atoms with Gasteiger partial charge in [-0.1, -0.05) is 61.5 Å². The van der Waals surface area contributed by atoms with E-state index in [9.17, 15) is 9.59 Å². The summed E-state index contributed by atoms with van der Waals surface area (Å²) in [6.45, 7) is 10.9. The molecule has 0 aromatic heterocycles. The van der Waals surface area contributed by atoms with Crippen molar-refractivity contribution in [2.24, 2.45) is 0 Å². The Balaban J connectivity index is 1.72. The molecule has 1 atom stereocenters. The van der Waals surface area contributed by atoms with E-state index >= 15 is 0 Å². The molecule has 6 nitrogen and oxygen atoms in total. The molecule has 7 heteroatoms. The lowest BCUT2D eigenvalue weighted by molar-refractivity contribution is -0.121. The first-order chi connectivity index (χ1) is 18.6. The Morgan fingerprint density at radius 3 is 2.46 bits per heavy atom. The minimum Gasteiger partial charge on any atom is -0.353 e. The lowest BCUT2D eigenvalue weighted by atomic mass is 10.0. The van der Waals surface area contributed by atoms with E-state index in [1.807, 2.05) is 39.4 Å². The molecule has 0 radical (unpaired) electrons. The third-order valence-corrected chi connectivity index (χ3v) is 7.01. The summed E-state index contributed by atoms with van der Waals surface area (Å²) in [5, 5.41) is 6.57. The number of halogens is 1. The zero-order valence-electron chi connectivity index (χ0n) is 23.6. The number of hydrogen-bond donors (Lipinski definition) is 2. The largest absolute Gasteiger partial charge is 0.353 e. The number of amides is 2. The van der Waals surface area contributed by atoms with Crippen molar-refractivity contribution >= 4 is 29.0 Å². The zero-order valence-corrected chi connectivity index (χ0v) is 24.3. The van der Waals surface area contributed by atoms with Crippen molar-refractivity contribution in [3.05, 3.63) is 112 Å². The van der Waals surface area contributed by atoms with E-state index < -0.39 is 0 Å². The molecular formula is C32H39ClN4O2. The van der Waals surface area contributed by atoms with Gasteiger partial charge in [-0.2, -0.15) is 0 Å². The van der Waals surface area contributed by atoms with Crippen LogP contribution in [0.3, 0.4) is 0 Å². The minimum absolute atomic E-state index is 0.0943. The number of likely N-dealkylation sites (N-methyl/N-ethyl adjacent to an activating group) is 1. The molecule has 0 bridgehead atoms. The SMILES string of the molecule is C=C1C(CC)=CC=CN1/C=C(\C)c1ccc(C[C@@H](CNC(=O)CN(C)C)NC(=O)c2ccc(C)c(Cl)c2)cc1. The van der Waals surface area contributed by atoms with Crippen molar-refractivity contribution in [2.75, 3.05) is 27.2 Å². The van der Waals surface area contributed by atoms with Gasteiger partial charge in [-0.3, -0.25) is 9.59 Å². The molecule has 1 aliphatic rings. The number of nitrogens with zero attached hydrogens (tertiary/aromatic N) is 2. The van der Waals surface area contributed by atoms with Gasteiger partial charge >= 0.3 is 0 Å². The second-order valence-electron chi connectivity index (χ2n) is 10.1. The summed E-state index contributed by atoms with van der Waals surface area (Å²) < 4.78 is 0. The van der Waals surface area contributed by atoms with Crippen LogP contribution in [0, 0.1) is 6.92 Å². The van der Waals surface area contributed by atoms with Crippen LogP contribution in [0.4, 0.5) is 0 Å². The number of carbonyl (C=O) groups excluding carboxylic acids is 2. The molecular weight excluding hydrogens is 508 g/mol. The molecule has 2 amide bonds. The van der Waals surface area contributed by atoms with E-state index in [0.29, 0.717) is 23.6 Å². The number of aryl methyl sites for hydroxylation is 1. The van der Waals surface area contributed by atoms with Crippen LogP contribution < -0.4 is 10.6 Å². The molecule has 0 spiro atoms. The molecule has 2 aromatic rings. The molecule has 0 fully saturated rings. The summed E-state index contributed by atoms with van der Waals surface area (Å²) in [5.41, 5.74) is 6.87. The van der Waals surface area contributed by atoms with E-state index in [0.717, 1.165) is 34.4 Å². The van der Waals surface area contributed by atoms with Gasteiger partial charge in [0.05, 0.1) is 12.6 Å². The topological polar surface area (TPSA) is 64.7 Å². The van der Waals surface area contributed by atoms with E-state index in [4.69, 9.17) is 11.6 Å². The molecule has 0 saturated heterocycles. The third-order valence-electron chi connectivity index (χ3n) is 6.61. The van der Waals surface area contributed by atoms with Crippen LogP contribution in [0.15, 0.2) is 84.9 Å². The Morgan fingerprint density at radius 1 is 1.13 bits per heavy atom. The van der Waals surface area contributed by atoms with Crippen molar-refractivity contribution in [3.63, 3.8) is 0 Å². The fraction of sp³-hybridized carbons (Fsp3) is 0.312. The molecule has 1 heterocycles. The maximum absolute atomic E-state index is 13.0. The van der Waals surface area contributed by atoms with Crippen molar-refractivity contribution in [1.29, 1.82) is 0 Å². The molecule has 0 aliphatic carbocycles. The van der Waals surface area contributed by atoms with Crippen LogP contribution in [0.2, 0.25) is 5.02 Å². The highest BCUT2D eigenvalue weighted by Gasteiger charge is 2.17. The first-order valence-electron chi connectivity index (χ1n) is 13.2. The number of benzene rings is 2. The molecule has 206 valence electrons. The second kappa shape index (κ2) is 14.0. The van der Waals surface area contributed by atoms with Gasteiger partial charge < -0.3 is 20.4 Å². The van der Waals surface area contributed by atoms with Gasteiger partial charge in [-0.15, -0.1) is 0 Å². The van der Waals surface area contributed by atoms with Gasteiger partial charge in [-0.25, -0.2) is 0 Å². The normalized spacial score (nSPS) is 14.3. The first-order valence-corrected chi connectivity index (χ1v) is 13.6. The van der Waals surface area contributed by atoms with E-state index in [-0.39, 0.29) is 24.4 Å². The van der Waals surface area contributed by atoms with Crippen LogP contribution in [0.25, 0.3) is 5.57 Å². The molecule has 2 N–H and O–H groups in total. The van der Waals surface area contributed by atoms with Crippen molar-refractivity contribution < 1.29 is 9.59 Å². The number of hydrogen-bond acceptors (Lipinski definition) is 4. The predicted molar refractivity (Wildman–Crippen MR) is 161 cm³/mol. The average Bonchev–Trinajstić information content (AvgIpc) is 2.90. The van der Waals surface area contributed by atoms with Crippen LogP contribution in [0.5, 0.6) is 0 Å². The molecule has 2 aromatic carbocycles. The highest BCUT2D eigenvalue weighted by atomic mass is 35.5. The second-order valence-corrected chi connectivity index (χ2v) is 10.5. The minimum atomic E-state index is -0.299. The van der Waals surface area contributed by atoms with Gasteiger partial charge in [0.15, 0.2) is 0 Å². The molecule has 3 rings (SSSR count). The monoisotopic (exact) mass is 546 g/mol. The lowest BCUT2D eigenvalue weighted by Gasteiger charge is -2.24. The van der Waals surface area contributed by atoms with Crippen molar-refractivity contribution in [1.82, 2.24) is 20.4 Å². The van der Waals surface area contributed by atoms with Crippen molar-refractivity contribution in [2.45, 2.75) is 39.7 Å². The fourth-order valence-electron chi connectivity index (χ4n) is 4.28. The molecule has 1 aliphatic heterocycles. The number of rotatable bonds is 11. The zero-order chi connectivity index (χ0) is 28.5. The lowest BCUT2D eigenvalue weighted by Crippen LogP contribution is -2.46. The maximum Gasteiger partial charge on any atom is 0.251 e. The first kappa shape index (κ1) is 29.9. The van der Waals surface area contributed by atoms with E-state index in [1.54, 1.807) is 17.0 Å². The fourth-order valence-corrected chi connectivity index (χ4v) is 4.46. The highest BCUT2D eigenvalue weighted by Crippen LogP contribution is 2.25. The van der Waals surface area contributed by atoms with Gasteiger partial charge in [0.25, 0.3) is 5.91 Å². The molecule has 39 heavy (non-hydrogen) atoms. The molecule has 0 saturated carbocycles. The van der Waals surface area contributed by atoms with Crippen LogP contribution >= 0.6 is 11.6 Å². The Morgan fingerprint density at radius 2 is 1.82 bits per heavy atom. The third kappa shape index (κ3) is 8.70. The number of carbonyl (C=O) groups is 2.